The Kier molecular flexibility index (Phi) is 4.15. The van der Waals surface area contributed by atoms with Crippen molar-refractivity contribution in [1.82, 2.24) is 25.1 Å². The molecule has 0 spiro atoms. The molecule has 0 aliphatic rings. The molecule has 27 heavy (non-hydrogen) atoms. The van der Waals surface area contributed by atoms with E-state index in [1.54, 1.807) is 31.5 Å². The Morgan fingerprint density at radius 3 is 2.52 bits per heavy atom. The first-order valence-electron chi connectivity index (χ1n) is 8.07. The number of hydrogen-bond donors (Lipinski definition) is 0. The third-order valence-corrected chi connectivity index (χ3v) is 4.05. The number of aromatic nitrogens is 5. The minimum absolute atomic E-state index is 0.113. The topological polar surface area (TPSA) is 77.6 Å². The molecular formula is C19H13F2N5O. The Hall–Kier alpha value is -3.55. The summed E-state index contributed by atoms with van der Waals surface area (Å²) in [5, 5.41) is 3.85. The number of pyridine rings is 3. The van der Waals surface area contributed by atoms with Gasteiger partial charge in [0.05, 0.1) is 11.9 Å². The lowest BCUT2D eigenvalue weighted by atomic mass is 10.0. The van der Waals surface area contributed by atoms with Gasteiger partial charge in [-0.1, -0.05) is 5.16 Å². The summed E-state index contributed by atoms with van der Waals surface area (Å²) in [6.45, 7) is 3.43. The highest BCUT2D eigenvalue weighted by atomic mass is 19.1. The summed E-state index contributed by atoms with van der Waals surface area (Å²) >= 11 is 0. The Balaban J connectivity index is 1.79. The molecule has 0 atom stereocenters. The summed E-state index contributed by atoms with van der Waals surface area (Å²) in [6.07, 6.45) is 4.30. The van der Waals surface area contributed by atoms with Crippen LogP contribution >= 0.6 is 0 Å². The van der Waals surface area contributed by atoms with Crippen molar-refractivity contribution < 1.29 is 13.3 Å². The predicted octanol–water partition coefficient (Wildman–Crippen LogP) is 4.15. The molecule has 0 saturated carbocycles. The van der Waals surface area contributed by atoms with Gasteiger partial charge in [0.2, 0.25) is 5.82 Å². The van der Waals surface area contributed by atoms with E-state index in [9.17, 15) is 8.78 Å². The van der Waals surface area contributed by atoms with Crippen molar-refractivity contribution in [2.45, 2.75) is 13.8 Å². The molecule has 0 aromatic carbocycles. The number of rotatable bonds is 3. The highest BCUT2D eigenvalue weighted by Gasteiger charge is 2.18. The first kappa shape index (κ1) is 16.9. The highest BCUT2D eigenvalue weighted by Crippen LogP contribution is 2.30. The zero-order chi connectivity index (χ0) is 19.0. The second kappa shape index (κ2) is 6.64. The number of nitrogens with zero attached hydrogens (tertiary/aromatic N) is 5. The summed E-state index contributed by atoms with van der Waals surface area (Å²) in [5.41, 5.74) is 2.76. The first-order valence-corrected chi connectivity index (χ1v) is 8.07. The van der Waals surface area contributed by atoms with E-state index < -0.39 is 11.6 Å². The maximum atomic E-state index is 14.7. The van der Waals surface area contributed by atoms with Crippen LogP contribution in [0.1, 0.15) is 11.3 Å². The Bertz CT molecular complexity index is 1130. The smallest absolute Gasteiger partial charge is 0.276 e. The molecule has 0 unspecified atom stereocenters. The lowest BCUT2D eigenvalue weighted by Gasteiger charge is -2.09. The van der Waals surface area contributed by atoms with Crippen molar-refractivity contribution in [3.8, 4) is 34.2 Å². The molecule has 0 radical (unpaired) electrons. The molecule has 0 saturated heterocycles. The van der Waals surface area contributed by atoms with Crippen LogP contribution in [0.15, 0.2) is 47.4 Å². The van der Waals surface area contributed by atoms with Crippen LogP contribution in [0.2, 0.25) is 0 Å². The molecule has 4 rings (SSSR count). The molecule has 0 amide bonds. The molecular weight excluding hydrogens is 352 g/mol. The maximum absolute atomic E-state index is 14.7. The third kappa shape index (κ3) is 3.17. The van der Waals surface area contributed by atoms with E-state index in [1.165, 1.54) is 12.1 Å². The summed E-state index contributed by atoms with van der Waals surface area (Å²) < 4.78 is 32.9. The van der Waals surface area contributed by atoms with Crippen LogP contribution < -0.4 is 0 Å². The van der Waals surface area contributed by atoms with Gasteiger partial charge in [-0.15, -0.1) is 0 Å². The number of aryl methyl sites for hydroxylation is 2. The lowest BCUT2D eigenvalue weighted by Crippen LogP contribution is -1.97. The van der Waals surface area contributed by atoms with E-state index in [4.69, 9.17) is 4.52 Å². The molecule has 4 heterocycles. The molecule has 0 aliphatic heterocycles. The molecule has 6 nitrogen and oxygen atoms in total. The number of halogens is 2. The van der Waals surface area contributed by atoms with Gasteiger partial charge in [0, 0.05) is 23.5 Å². The molecule has 8 heteroatoms. The van der Waals surface area contributed by atoms with Crippen molar-refractivity contribution in [2.75, 3.05) is 0 Å². The second-order valence-corrected chi connectivity index (χ2v) is 5.93. The van der Waals surface area contributed by atoms with Gasteiger partial charge in [0.15, 0.2) is 5.82 Å². The van der Waals surface area contributed by atoms with Crippen LogP contribution in [0.3, 0.4) is 0 Å². The zero-order valence-electron chi connectivity index (χ0n) is 14.4. The average molecular weight is 365 g/mol. The summed E-state index contributed by atoms with van der Waals surface area (Å²) in [7, 11) is 0. The first-order chi connectivity index (χ1) is 13.0. The summed E-state index contributed by atoms with van der Waals surface area (Å²) in [4.78, 5) is 16.4. The maximum Gasteiger partial charge on any atom is 0.276 e. The van der Waals surface area contributed by atoms with Crippen LogP contribution in [-0.4, -0.2) is 25.1 Å². The largest absolute Gasteiger partial charge is 0.332 e. The molecule has 0 aliphatic carbocycles. The minimum atomic E-state index is -0.463. The van der Waals surface area contributed by atoms with Gasteiger partial charge < -0.3 is 4.52 Å². The van der Waals surface area contributed by atoms with E-state index >= 15 is 0 Å². The van der Waals surface area contributed by atoms with Crippen molar-refractivity contribution in [1.29, 1.82) is 0 Å². The summed E-state index contributed by atoms with van der Waals surface area (Å²) in [5.74, 6) is -0.598. The van der Waals surface area contributed by atoms with Gasteiger partial charge >= 0.3 is 0 Å². The van der Waals surface area contributed by atoms with Crippen LogP contribution in [-0.2, 0) is 0 Å². The fourth-order valence-corrected chi connectivity index (χ4v) is 2.65. The van der Waals surface area contributed by atoms with Crippen molar-refractivity contribution in [3.05, 3.63) is 65.7 Å². The van der Waals surface area contributed by atoms with E-state index in [0.717, 1.165) is 11.8 Å². The lowest BCUT2D eigenvalue weighted by molar-refractivity contribution is 0.430. The van der Waals surface area contributed by atoms with Gasteiger partial charge in [-0.2, -0.15) is 4.98 Å². The fourth-order valence-electron chi connectivity index (χ4n) is 2.65. The highest BCUT2D eigenvalue weighted by molar-refractivity contribution is 5.71. The fraction of sp³-hybridized carbons (Fsp3) is 0.105. The SMILES string of the molecule is Cc1ccncc1-c1cc(-c2nc(-c3ccc(F)cn3)no2)nc(C)c1F. The average Bonchev–Trinajstić information content (AvgIpc) is 3.15. The van der Waals surface area contributed by atoms with E-state index in [2.05, 4.69) is 25.1 Å². The van der Waals surface area contributed by atoms with Crippen molar-refractivity contribution in [3.63, 3.8) is 0 Å². The van der Waals surface area contributed by atoms with Crippen LogP contribution in [0.5, 0.6) is 0 Å². The second-order valence-electron chi connectivity index (χ2n) is 5.93. The van der Waals surface area contributed by atoms with E-state index in [-0.39, 0.29) is 17.4 Å². The van der Waals surface area contributed by atoms with Gasteiger partial charge in [-0.05, 0) is 43.7 Å². The van der Waals surface area contributed by atoms with Gasteiger partial charge in [0.1, 0.15) is 17.2 Å². The van der Waals surface area contributed by atoms with Gasteiger partial charge in [-0.25, -0.2) is 18.7 Å². The van der Waals surface area contributed by atoms with Crippen LogP contribution in [0.4, 0.5) is 8.78 Å². The standard InChI is InChI=1S/C19H13F2N5O/c1-10-5-6-22-9-14(10)13-7-16(24-11(2)17(13)21)19-25-18(26-27-19)15-4-3-12(20)8-23-15/h3-9H,1-2H3. The van der Waals surface area contributed by atoms with E-state index in [1.807, 2.05) is 6.92 Å². The Labute approximate surface area is 153 Å². The van der Waals surface area contributed by atoms with Crippen LogP contribution in [0.25, 0.3) is 34.2 Å². The van der Waals surface area contributed by atoms with Crippen LogP contribution in [0, 0.1) is 25.5 Å². The Morgan fingerprint density at radius 2 is 1.78 bits per heavy atom. The molecule has 0 N–H and O–H groups in total. The van der Waals surface area contributed by atoms with Gasteiger partial charge in [-0.3, -0.25) is 4.98 Å². The van der Waals surface area contributed by atoms with Gasteiger partial charge in [0.25, 0.3) is 5.89 Å². The monoisotopic (exact) mass is 365 g/mol. The molecule has 0 fully saturated rings. The molecule has 134 valence electrons. The van der Waals surface area contributed by atoms with Crippen molar-refractivity contribution in [2.24, 2.45) is 0 Å². The molecule has 0 bridgehead atoms. The normalized spacial score (nSPS) is 11.0. The number of hydrogen-bond acceptors (Lipinski definition) is 6. The summed E-state index contributed by atoms with van der Waals surface area (Å²) in [6, 6.07) is 6.04. The molecule has 4 aromatic heterocycles. The predicted molar refractivity (Wildman–Crippen MR) is 93.4 cm³/mol. The quantitative estimate of drug-likeness (QED) is 0.543. The molecule has 4 aromatic rings. The van der Waals surface area contributed by atoms with E-state index in [0.29, 0.717) is 22.5 Å². The van der Waals surface area contributed by atoms with Crippen molar-refractivity contribution >= 4 is 0 Å². The minimum Gasteiger partial charge on any atom is -0.332 e. The Morgan fingerprint density at radius 1 is 0.926 bits per heavy atom. The third-order valence-electron chi connectivity index (χ3n) is 4.05. The zero-order valence-corrected chi connectivity index (χ0v) is 14.4.